The lowest BCUT2D eigenvalue weighted by atomic mass is 9.81. The summed E-state index contributed by atoms with van der Waals surface area (Å²) in [6.07, 6.45) is 5.63. The van der Waals surface area contributed by atoms with Gasteiger partial charge in [0.1, 0.15) is 11.6 Å². The Hall–Kier alpha value is -0.900. The summed E-state index contributed by atoms with van der Waals surface area (Å²) >= 11 is 0. The molecule has 0 aliphatic carbocycles. The van der Waals surface area contributed by atoms with Crippen LogP contribution in [0.25, 0.3) is 0 Å². The highest BCUT2D eigenvalue weighted by molar-refractivity contribution is 5.12. The van der Waals surface area contributed by atoms with Crippen LogP contribution in [0.2, 0.25) is 0 Å². The van der Waals surface area contributed by atoms with Gasteiger partial charge < -0.3 is 10.3 Å². The molecule has 0 fully saturated rings. The molecular formula is C12H22N4. The van der Waals surface area contributed by atoms with E-state index < -0.39 is 0 Å². The van der Waals surface area contributed by atoms with Crippen LogP contribution in [-0.4, -0.2) is 21.3 Å². The van der Waals surface area contributed by atoms with Crippen LogP contribution in [0.3, 0.4) is 0 Å². The average molecular weight is 222 g/mol. The van der Waals surface area contributed by atoms with E-state index in [1.165, 1.54) is 12.8 Å². The van der Waals surface area contributed by atoms with Crippen LogP contribution < -0.4 is 5.73 Å². The van der Waals surface area contributed by atoms with E-state index in [0.29, 0.717) is 6.54 Å². The Morgan fingerprint density at radius 3 is 2.62 bits per heavy atom. The Morgan fingerprint density at radius 2 is 2.00 bits per heavy atom. The summed E-state index contributed by atoms with van der Waals surface area (Å²) in [5.74, 6) is 2.27. The first-order valence-electron chi connectivity index (χ1n) is 6.40. The molecular weight excluding hydrogens is 200 g/mol. The average Bonchev–Trinajstić information content (AvgIpc) is 2.77. The molecule has 16 heavy (non-hydrogen) atoms. The van der Waals surface area contributed by atoms with E-state index >= 15 is 0 Å². The first-order valence-corrected chi connectivity index (χ1v) is 6.40. The van der Waals surface area contributed by atoms with Crippen molar-refractivity contribution >= 4 is 0 Å². The van der Waals surface area contributed by atoms with Crippen LogP contribution >= 0.6 is 0 Å². The summed E-state index contributed by atoms with van der Waals surface area (Å²) in [5, 5.41) is 8.74. The molecule has 4 heteroatoms. The SMILES string of the molecule is CCC(CC)(CN)c1nnc2n1CCCC2. The van der Waals surface area contributed by atoms with Crippen LogP contribution in [0.1, 0.15) is 51.2 Å². The van der Waals surface area contributed by atoms with Gasteiger partial charge in [0.25, 0.3) is 0 Å². The highest BCUT2D eigenvalue weighted by atomic mass is 15.3. The quantitative estimate of drug-likeness (QED) is 0.842. The van der Waals surface area contributed by atoms with Crippen LogP contribution in [0.4, 0.5) is 0 Å². The number of nitrogens with zero attached hydrogens (tertiary/aromatic N) is 3. The van der Waals surface area contributed by atoms with Crippen LogP contribution in [0.15, 0.2) is 0 Å². The highest BCUT2D eigenvalue weighted by Crippen LogP contribution is 2.31. The van der Waals surface area contributed by atoms with Gasteiger partial charge in [-0.2, -0.15) is 0 Å². The lowest BCUT2D eigenvalue weighted by Gasteiger charge is -2.30. The summed E-state index contributed by atoms with van der Waals surface area (Å²) < 4.78 is 2.31. The maximum atomic E-state index is 5.97. The zero-order valence-electron chi connectivity index (χ0n) is 10.4. The molecule has 2 rings (SSSR count). The minimum absolute atomic E-state index is 0.0303. The maximum absolute atomic E-state index is 5.97. The predicted octanol–water partition coefficient (Wildman–Crippen LogP) is 1.63. The van der Waals surface area contributed by atoms with Crippen molar-refractivity contribution in [1.82, 2.24) is 14.8 Å². The lowest BCUT2D eigenvalue weighted by Crippen LogP contribution is -2.37. The first-order chi connectivity index (χ1) is 7.77. The van der Waals surface area contributed by atoms with Crippen molar-refractivity contribution < 1.29 is 0 Å². The predicted molar refractivity (Wildman–Crippen MR) is 64.3 cm³/mol. The van der Waals surface area contributed by atoms with Crippen molar-refractivity contribution in [2.24, 2.45) is 5.73 Å². The summed E-state index contributed by atoms with van der Waals surface area (Å²) in [5.41, 5.74) is 6.00. The smallest absolute Gasteiger partial charge is 0.140 e. The Balaban J connectivity index is 2.42. The fourth-order valence-corrected chi connectivity index (χ4v) is 2.65. The van der Waals surface area contributed by atoms with Crippen molar-refractivity contribution in [1.29, 1.82) is 0 Å². The van der Waals surface area contributed by atoms with Gasteiger partial charge in [0, 0.05) is 24.9 Å². The van der Waals surface area contributed by atoms with Gasteiger partial charge in [-0.05, 0) is 25.7 Å². The minimum atomic E-state index is 0.0303. The molecule has 0 spiro atoms. The van der Waals surface area contributed by atoms with Crippen molar-refractivity contribution in [2.75, 3.05) is 6.54 Å². The molecule has 90 valence electrons. The number of hydrogen-bond acceptors (Lipinski definition) is 3. The topological polar surface area (TPSA) is 56.7 Å². The van der Waals surface area contributed by atoms with Crippen LogP contribution in [0.5, 0.6) is 0 Å². The van der Waals surface area contributed by atoms with E-state index in [1.807, 2.05) is 0 Å². The number of aryl methyl sites for hydroxylation is 1. The molecule has 1 aromatic rings. The molecule has 0 saturated heterocycles. The standard InChI is InChI=1S/C12H22N4/c1-3-12(4-2,9-13)11-15-14-10-7-5-6-8-16(10)11/h3-9,13H2,1-2H3. The third-order valence-corrected chi connectivity index (χ3v) is 4.08. The zero-order valence-corrected chi connectivity index (χ0v) is 10.4. The molecule has 0 atom stereocenters. The molecule has 1 aliphatic heterocycles. The van der Waals surface area contributed by atoms with E-state index in [9.17, 15) is 0 Å². The Morgan fingerprint density at radius 1 is 1.25 bits per heavy atom. The lowest BCUT2D eigenvalue weighted by molar-refractivity contribution is 0.354. The third kappa shape index (κ3) is 1.65. The van der Waals surface area contributed by atoms with E-state index in [0.717, 1.165) is 37.5 Å². The minimum Gasteiger partial charge on any atom is -0.329 e. The van der Waals surface area contributed by atoms with Gasteiger partial charge in [-0.1, -0.05) is 13.8 Å². The molecule has 0 aromatic carbocycles. The number of fused-ring (bicyclic) bond motifs is 1. The van der Waals surface area contributed by atoms with Crippen molar-refractivity contribution in [3.63, 3.8) is 0 Å². The van der Waals surface area contributed by atoms with E-state index in [-0.39, 0.29) is 5.41 Å². The van der Waals surface area contributed by atoms with Gasteiger partial charge >= 0.3 is 0 Å². The van der Waals surface area contributed by atoms with Gasteiger partial charge in [-0.3, -0.25) is 0 Å². The van der Waals surface area contributed by atoms with Crippen molar-refractivity contribution in [3.05, 3.63) is 11.6 Å². The Bertz CT molecular complexity index is 344. The molecule has 2 heterocycles. The van der Waals surface area contributed by atoms with Crippen molar-refractivity contribution in [3.8, 4) is 0 Å². The van der Waals surface area contributed by atoms with Gasteiger partial charge in [0.15, 0.2) is 0 Å². The van der Waals surface area contributed by atoms with Gasteiger partial charge in [-0.15, -0.1) is 10.2 Å². The molecule has 0 unspecified atom stereocenters. The van der Waals surface area contributed by atoms with Gasteiger partial charge in [0.05, 0.1) is 0 Å². The second-order valence-corrected chi connectivity index (χ2v) is 4.74. The molecule has 1 aromatic heterocycles. The second kappa shape index (κ2) is 4.53. The van der Waals surface area contributed by atoms with E-state index in [4.69, 9.17) is 5.73 Å². The fraction of sp³-hybridized carbons (Fsp3) is 0.833. The number of hydrogen-bond donors (Lipinski definition) is 1. The third-order valence-electron chi connectivity index (χ3n) is 4.08. The van der Waals surface area contributed by atoms with E-state index in [2.05, 4.69) is 28.6 Å². The molecule has 0 bridgehead atoms. The molecule has 1 aliphatic rings. The largest absolute Gasteiger partial charge is 0.329 e. The molecule has 4 nitrogen and oxygen atoms in total. The Kier molecular flexibility index (Phi) is 3.28. The number of nitrogens with two attached hydrogens (primary N) is 1. The second-order valence-electron chi connectivity index (χ2n) is 4.74. The summed E-state index contributed by atoms with van der Waals surface area (Å²) in [6.45, 7) is 6.12. The molecule has 0 saturated carbocycles. The molecule has 2 N–H and O–H groups in total. The summed E-state index contributed by atoms with van der Waals surface area (Å²) in [6, 6.07) is 0. The van der Waals surface area contributed by atoms with Crippen LogP contribution in [0, 0.1) is 0 Å². The first kappa shape index (κ1) is 11.6. The molecule has 0 radical (unpaired) electrons. The van der Waals surface area contributed by atoms with Gasteiger partial charge in [-0.25, -0.2) is 0 Å². The van der Waals surface area contributed by atoms with E-state index in [1.54, 1.807) is 0 Å². The summed E-state index contributed by atoms with van der Waals surface area (Å²) in [4.78, 5) is 0. The van der Waals surface area contributed by atoms with Crippen molar-refractivity contribution in [2.45, 2.75) is 57.9 Å². The Labute approximate surface area is 97.2 Å². The van der Waals surface area contributed by atoms with Crippen LogP contribution in [-0.2, 0) is 18.4 Å². The summed E-state index contributed by atoms with van der Waals surface area (Å²) in [7, 11) is 0. The highest BCUT2D eigenvalue weighted by Gasteiger charge is 2.33. The van der Waals surface area contributed by atoms with Gasteiger partial charge in [0.2, 0.25) is 0 Å². The normalized spacial score (nSPS) is 16.2. The maximum Gasteiger partial charge on any atom is 0.140 e. The number of aromatic nitrogens is 3. The monoisotopic (exact) mass is 222 g/mol. The molecule has 0 amide bonds. The number of rotatable bonds is 4. The fourth-order valence-electron chi connectivity index (χ4n) is 2.65. The zero-order chi connectivity index (χ0) is 11.6.